The van der Waals surface area contributed by atoms with Crippen molar-refractivity contribution in [3.63, 3.8) is 0 Å². The third-order valence-corrected chi connectivity index (χ3v) is 4.49. The Labute approximate surface area is 146 Å². The first-order chi connectivity index (χ1) is 12.1. The first-order valence-electron chi connectivity index (χ1n) is 7.36. The second kappa shape index (κ2) is 6.62. The zero-order valence-electron chi connectivity index (χ0n) is 13.2. The summed E-state index contributed by atoms with van der Waals surface area (Å²) in [7, 11) is 0. The Morgan fingerprint density at radius 3 is 2.96 bits per heavy atom. The van der Waals surface area contributed by atoms with Crippen molar-refractivity contribution in [3.05, 3.63) is 45.1 Å². The number of hydrogen-bond acceptors (Lipinski definition) is 8. The number of aromatic nitrogens is 2. The number of nitrogens with zero attached hydrogens (tertiary/aromatic N) is 4. The minimum absolute atomic E-state index is 0.0677. The summed E-state index contributed by atoms with van der Waals surface area (Å²) in [5, 5.41) is 24.1. The normalized spacial score (nSPS) is 11.0. The molecule has 4 N–H and O–H groups in total. The maximum absolute atomic E-state index is 12.6. The minimum Gasteiger partial charge on any atom is -0.506 e. The number of anilines is 2. The Hall–Kier alpha value is -3.38. The number of aryl methyl sites for hydroxylation is 1. The molecule has 0 saturated carbocycles. The molecule has 0 aliphatic heterocycles. The maximum Gasteiger partial charge on any atom is 0.263 e. The van der Waals surface area contributed by atoms with Crippen LogP contribution in [-0.4, -0.2) is 20.9 Å². The lowest BCUT2D eigenvalue weighted by Crippen LogP contribution is -2.23. The monoisotopic (exact) mass is 354 g/mol. The first-order valence-corrected chi connectivity index (χ1v) is 8.18. The average molecular weight is 354 g/mol. The van der Waals surface area contributed by atoms with Gasteiger partial charge in [0.1, 0.15) is 17.4 Å². The number of para-hydroxylation sites is 1. The van der Waals surface area contributed by atoms with Crippen molar-refractivity contribution in [1.29, 1.82) is 5.26 Å². The summed E-state index contributed by atoms with van der Waals surface area (Å²) >= 11 is 1.05. The fourth-order valence-electron chi connectivity index (χ4n) is 2.45. The van der Waals surface area contributed by atoms with E-state index >= 15 is 0 Å². The molecule has 3 aromatic rings. The second-order valence-corrected chi connectivity index (χ2v) is 6.04. The van der Waals surface area contributed by atoms with E-state index in [-0.39, 0.29) is 27.6 Å². The zero-order chi connectivity index (χ0) is 18.0. The number of rotatable bonds is 4. The van der Waals surface area contributed by atoms with Crippen LogP contribution in [0.2, 0.25) is 0 Å². The summed E-state index contributed by atoms with van der Waals surface area (Å²) in [6.45, 7) is 2.31. The third kappa shape index (κ3) is 2.90. The Balaban J connectivity index is 2.01. The van der Waals surface area contributed by atoms with E-state index in [1.165, 1.54) is 6.21 Å². The van der Waals surface area contributed by atoms with E-state index in [1.54, 1.807) is 22.8 Å². The van der Waals surface area contributed by atoms with Gasteiger partial charge in [-0.05, 0) is 19.1 Å². The molecule has 0 fully saturated rings. The van der Waals surface area contributed by atoms with Gasteiger partial charge >= 0.3 is 0 Å². The van der Waals surface area contributed by atoms with Crippen LogP contribution in [-0.2, 0) is 6.54 Å². The van der Waals surface area contributed by atoms with Crippen LogP contribution in [0.3, 0.4) is 0 Å². The quantitative estimate of drug-likeness (QED) is 0.486. The van der Waals surface area contributed by atoms with Gasteiger partial charge in [0.05, 0.1) is 11.7 Å². The highest BCUT2D eigenvalue weighted by Gasteiger charge is 2.14. The molecular weight excluding hydrogens is 340 g/mol. The summed E-state index contributed by atoms with van der Waals surface area (Å²) in [5.41, 5.74) is 8.57. The average Bonchev–Trinajstić information content (AvgIpc) is 2.98. The number of hydrogen-bond donors (Lipinski definition) is 3. The van der Waals surface area contributed by atoms with Crippen LogP contribution in [0.15, 0.2) is 34.2 Å². The summed E-state index contributed by atoms with van der Waals surface area (Å²) in [6, 6.07) is 9.03. The fraction of sp³-hybridized carbons (Fsp3) is 0.125. The number of pyridine rings is 1. The van der Waals surface area contributed by atoms with Crippen molar-refractivity contribution in [2.45, 2.75) is 13.5 Å². The number of fused-ring (bicyclic) bond motifs is 1. The number of nitriles is 1. The molecule has 0 atom stereocenters. The molecule has 0 bridgehead atoms. The van der Waals surface area contributed by atoms with Crippen molar-refractivity contribution in [2.75, 3.05) is 11.2 Å². The van der Waals surface area contributed by atoms with Crippen LogP contribution in [0.4, 0.5) is 10.9 Å². The summed E-state index contributed by atoms with van der Waals surface area (Å²) < 4.78 is 1.56. The SMILES string of the molecule is CCn1c(=O)c(/C=N/Nc2nc(N)c(C#N)s2)c(O)c2ccccc21. The van der Waals surface area contributed by atoms with Gasteiger partial charge in [-0.2, -0.15) is 10.4 Å². The van der Waals surface area contributed by atoms with Crippen molar-refractivity contribution in [2.24, 2.45) is 5.10 Å². The van der Waals surface area contributed by atoms with Gasteiger partial charge in [-0.3, -0.25) is 10.2 Å². The van der Waals surface area contributed by atoms with Gasteiger partial charge in [0.25, 0.3) is 5.56 Å². The smallest absolute Gasteiger partial charge is 0.263 e. The topological polar surface area (TPSA) is 129 Å². The number of nitrogens with one attached hydrogen (secondary N) is 1. The Morgan fingerprint density at radius 1 is 1.52 bits per heavy atom. The molecule has 8 nitrogen and oxygen atoms in total. The maximum atomic E-state index is 12.6. The van der Waals surface area contributed by atoms with Crippen LogP contribution in [0, 0.1) is 11.3 Å². The van der Waals surface area contributed by atoms with Crippen molar-refractivity contribution >= 4 is 39.4 Å². The molecule has 0 radical (unpaired) electrons. The van der Waals surface area contributed by atoms with Crippen molar-refractivity contribution < 1.29 is 5.11 Å². The van der Waals surface area contributed by atoms with Crippen molar-refractivity contribution in [3.8, 4) is 11.8 Å². The van der Waals surface area contributed by atoms with E-state index < -0.39 is 0 Å². The number of hydrazone groups is 1. The molecule has 0 aliphatic carbocycles. The van der Waals surface area contributed by atoms with Crippen molar-refractivity contribution in [1.82, 2.24) is 9.55 Å². The Bertz CT molecular complexity index is 1080. The van der Waals surface area contributed by atoms with Gasteiger partial charge in [0.15, 0.2) is 10.7 Å². The second-order valence-electron chi connectivity index (χ2n) is 5.04. The molecule has 1 aromatic carbocycles. The molecule has 0 saturated heterocycles. The summed E-state index contributed by atoms with van der Waals surface area (Å²) in [4.78, 5) is 16.8. The minimum atomic E-state index is -0.347. The van der Waals surface area contributed by atoms with E-state index in [4.69, 9.17) is 11.0 Å². The number of nitrogen functional groups attached to an aromatic ring is 1. The van der Waals surface area contributed by atoms with Crippen LogP contribution in [0.5, 0.6) is 5.75 Å². The Morgan fingerprint density at radius 2 is 2.28 bits per heavy atom. The number of aromatic hydroxyl groups is 1. The molecule has 0 spiro atoms. The van der Waals surface area contributed by atoms with Gasteiger partial charge in [-0.15, -0.1) is 0 Å². The zero-order valence-corrected chi connectivity index (χ0v) is 14.0. The molecule has 0 unspecified atom stereocenters. The van der Waals surface area contributed by atoms with Crippen LogP contribution < -0.4 is 16.7 Å². The third-order valence-electron chi connectivity index (χ3n) is 3.61. The van der Waals surface area contributed by atoms with E-state index in [1.807, 2.05) is 19.1 Å². The van der Waals surface area contributed by atoms with Gasteiger partial charge in [0, 0.05) is 11.9 Å². The molecule has 25 heavy (non-hydrogen) atoms. The summed E-state index contributed by atoms with van der Waals surface area (Å²) in [6.07, 6.45) is 1.24. The largest absolute Gasteiger partial charge is 0.506 e. The van der Waals surface area contributed by atoms with Crippen LogP contribution >= 0.6 is 11.3 Å². The highest BCUT2D eigenvalue weighted by atomic mass is 32.1. The van der Waals surface area contributed by atoms with E-state index in [2.05, 4.69) is 15.5 Å². The molecule has 3 rings (SSSR count). The predicted octanol–water partition coefficient (Wildman–Crippen LogP) is 2.08. The fourth-order valence-corrected chi connectivity index (χ4v) is 3.08. The van der Waals surface area contributed by atoms with Gasteiger partial charge < -0.3 is 15.4 Å². The highest BCUT2D eigenvalue weighted by Crippen LogP contribution is 2.26. The van der Waals surface area contributed by atoms with Gasteiger partial charge in [-0.1, -0.05) is 23.5 Å². The predicted molar refractivity (Wildman–Crippen MR) is 98.0 cm³/mol. The lowest BCUT2D eigenvalue weighted by atomic mass is 10.1. The molecule has 126 valence electrons. The molecule has 0 aliphatic rings. The lowest BCUT2D eigenvalue weighted by molar-refractivity contribution is 0.478. The number of benzene rings is 1. The Kier molecular flexibility index (Phi) is 4.36. The lowest BCUT2D eigenvalue weighted by Gasteiger charge is -2.11. The summed E-state index contributed by atoms with van der Waals surface area (Å²) in [5.74, 6) is -0.0145. The number of nitrogens with two attached hydrogens (primary N) is 1. The van der Waals surface area contributed by atoms with Crippen LogP contribution in [0.25, 0.3) is 10.9 Å². The van der Waals surface area contributed by atoms with Gasteiger partial charge in [-0.25, -0.2) is 4.98 Å². The molecule has 2 aromatic heterocycles. The standard InChI is InChI=1S/C16H14N6O2S/c1-2-22-11-6-4-3-5-9(11)13(23)10(15(22)24)8-19-21-16-20-14(18)12(7-17)25-16/h3-6,8,23H,2,18H2,1H3,(H,20,21)/b19-8+. The molecular formula is C16H14N6O2S. The van der Waals surface area contributed by atoms with E-state index in [0.29, 0.717) is 22.6 Å². The first kappa shape index (κ1) is 16.5. The molecule has 0 amide bonds. The number of thiazole rings is 1. The van der Waals surface area contributed by atoms with Crippen LogP contribution in [0.1, 0.15) is 17.4 Å². The molecule has 9 heteroatoms. The van der Waals surface area contributed by atoms with E-state index in [9.17, 15) is 9.90 Å². The van der Waals surface area contributed by atoms with Gasteiger partial charge in [0.2, 0.25) is 5.13 Å². The molecule has 2 heterocycles. The van der Waals surface area contributed by atoms with E-state index in [0.717, 1.165) is 11.3 Å². The highest BCUT2D eigenvalue weighted by molar-refractivity contribution is 7.16.